The number of benzene rings is 2. The highest BCUT2D eigenvalue weighted by Gasteiger charge is 2.36. The zero-order valence-electron chi connectivity index (χ0n) is 18.0. The minimum absolute atomic E-state index is 0.0752. The van der Waals surface area contributed by atoms with Crippen molar-refractivity contribution in [2.75, 3.05) is 21.0 Å². The van der Waals surface area contributed by atoms with Gasteiger partial charge in [0.05, 0.1) is 28.9 Å². The third-order valence-electron chi connectivity index (χ3n) is 5.35. The van der Waals surface area contributed by atoms with Crippen LogP contribution in [0.1, 0.15) is 24.8 Å². The smallest absolute Gasteiger partial charge is 0.235 e. The van der Waals surface area contributed by atoms with E-state index < -0.39 is 54.5 Å². The molecule has 1 unspecified atom stereocenters. The average Bonchev–Trinajstić information content (AvgIpc) is 3.60. The van der Waals surface area contributed by atoms with Crippen LogP contribution in [0, 0.1) is 11.6 Å². The molecule has 1 atom stereocenters. The van der Waals surface area contributed by atoms with Gasteiger partial charge in [-0.3, -0.25) is 9.44 Å². The first-order valence-corrected chi connectivity index (χ1v) is 13.8. The molecule has 0 aliphatic heterocycles. The molecule has 0 amide bonds. The molecule has 2 aromatic rings. The van der Waals surface area contributed by atoms with E-state index in [1.54, 1.807) is 18.2 Å². The Hall–Kier alpha value is -2.99. The van der Waals surface area contributed by atoms with Gasteiger partial charge in [0.1, 0.15) is 5.83 Å². The van der Waals surface area contributed by atoms with Crippen LogP contribution in [0.25, 0.3) is 5.57 Å². The van der Waals surface area contributed by atoms with Gasteiger partial charge in [0.2, 0.25) is 20.0 Å². The third-order valence-corrected chi connectivity index (χ3v) is 7.81. The third kappa shape index (κ3) is 5.55. The van der Waals surface area contributed by atoms with E-state index >= 15 is 0 Å². The van der Waals surface area contributed by atoms with Crippen LogP contribution >= 0.6 is 0 Å². The van der Waals surface area contributed by atoms with E-state index in [1.807, 2.05) is 0 Å². The summed E-state index contributed by atoms with van der Waals surface area (Å²) in [4.78, 5) is 0. The number of hydrogen-bond acceptors (Lipinski definition) is 5. The molecule has 3 N–H and O–H groups in total. The van der Waals surface area contributed by atoms with Gasteiger partial charge in [0.25, 0.3) is 0 Å². The number of hydrogen-bond donors (Lipinski definition) is 3. The summed E-state index contributed by atoms with van der Waals surface area (Å²) in [7, 11) is -7.18. The maximum absolute atomic E-state index is 14.9. The normalized spacial score (nSPS) is 18.6. The van der Waals surface area contributed by atoms with Crippen molar-refractivity contribution in [3.05, 3.63) is 71.6 Å². The molecule has 1 saturated carbocycles. The predicted molar refractivity (Wildman–Crippen MR) is 126 cm³/mol. The Kier molecular flexibility index (Phi) is 6.38. The lowest BCUT2D eigenvalue weighted by Crippen LogP contribution is -2.25. The maximum atomic E-state index is 14.9. The lowest BCUT2D eigenvalue weighted by Gasteiger charge is -2.23. The van der Waals surface area contributed by atoms with E-state index in [9.17, 15) is 30.0 Å². The van der Waals surface area contributed by atoms with Crippen molar-refractivity contribution in [3.8, 4) is 0 Å². The molecule has 4 rings (SSSR count). The van der Waals surface area contributed by atoms with Crippen LogP contribution in [0.4, 0.5) is 30.2 Å². The monoisotopic (exact) mass is 513 g/mol. The Morgan fingerprint density at radius 2 is 1.59 bits per heavy atom. The van der Waals surface area contributed by atoms with Crippen LogP contribution in [0.3, 0.4) is 0 Å². The second kappa shape index (κ2) is 8.99. The zero-order chi connectivity index (χ0) is 24.7. The molecule has 7 nitrogen and oxygen atoms in total. The highest BCUT2D eigenvalue weighted by molar-refractivity contribution is 7.93. The fourth-order valence-corrected chi connectivity index (χ4v) is 5.47. The zero-order valence-corrected chi connectivity index (χ0v) is 19.6. The summed E-state index contributed by atoms with van der Waals surface area (Å²) in [6.45, 7) is 0. The standard InChI is InChI=1S/C22H22F3N3O4S2/c1-33(29,30)27-15-5-2-13(3-6-15)14-4-10-19(18(24)12-14)26-22-20(11-9-17(23)21(22)25)28-34(31,32)16-7-8-16/h2-6,9,11-12,16,19,26-28H,7-8,10H2,1H3. The summed E-state index contributed by atoms with van der Waals surface area (Å²) in [5.74, 6) is -3.17. The molecule has 0 spiro atoms. The number of allylic oxidation sites excluding steroid dienone is 2. The minimum Gasteiger partial charge on any atom is -0.371 e. The first kappa shape index (κ1) is 24.1. The molecule has 0 saturated heterocycles. The summed E-state index contributed by atoms with van der Waals surface area (Å²) in [6.07, 6.45) is 4.99. The highest BCUT2D eigenvalue weighted by Crippen LogP contribution is 2.36. The first-order valence-electron chi connectivity index (χ1n) is 10.3. The maximum Gasteiger partial charge on any atom is 0.235 e. The minimum atomic E-state index is -3.75. The van der Waals surface area contributed by atoms with Crippen LogP contribution < -0.4 is 14.8 Å². The molecule has 0 bridgehead atoms. The second-order valence-corrected chi connectivity index (χ2v) is 11.9. The van der Waals surface area contributed by atoms with E-state index in [1.165, 1.54) is 18.2 Å². The van der Waals surface area contributed by atoms with Gasteiger partial charge >= 0.3 is 0 Å². The Morgan fingerprint density at radius 3 is 2.18 bits per heavy atom. The van der Waals surface area contributed by atoms with E-state index in [-0.39, 0.29) is 12.1 Å². The molecule has 0 heterocycles. The molecule has 2 aliphatic carbocycles. The molecular formula is C22H22F3N3O4S2. The van der Waals surface area contributed by atoms with Gasteiger partial charge < -0.3 is 5.32 Å². The Morgan fingerprint density at radius 1 is 0.912 bits per heavy atom. The van der Waals surface area contributed by atoms with Crippen molar-refractivity contribution >= 4 is 42.7 Å². The van der Waals surface area contributed by atoms with Gasteiger partial charge in [-0.2, -0.15) is 0 Å². The van der Waals surface area contributed by atoms with Crippen molar-refractivity contribution in [2.24, 2.45) is 0 Å². The topological polar surface area (TPSA) is 104 Å². The lowest BCUT2D eigenvalue weighted by molar-refractivity contribution is 0.507. The Bertz CT molecular complexity index is 1390. The quantitative estimate of drug-likeness (QED) is 0.487. The number of sulfonamides is 2. The highest BCUT2D eigenvalue weighted by atomic mass is 32.2. The van der Waals surface area contributed by atoms with Crippen molar-refractivity contribution < 1.29 is 30.0 Å². The van der Waals surface area contributed by atoms with Crippen molar-refractivity contribution in [1.29, 1.82) is 0 Å². The average molecular weight is 514 g/mol. The van der Waals surface area contributed by atoms with Crippen LogP contribution in [-0.2, 0) is 20.0 Å². The molecule has 2 aromatic carbocycles. The Labute approximate surface area is 195 Å². The Balaban J connectivity index is 1.53. The molecule has 34 heavy (non-hydrogen) atoms. The summed E-state index contributed by atoms with van der Waals surface area (Å²) >= 11 is 0. The first-order chi connectivity index (χ1) is 15.9. The number of nitrogens with one attached hydrogen (secondary N) is 3. The van der Waals surface area contributed by atoms with Crippen LogP contribution in [-0.4, -0.2) is 34.4 Å². The largest absolute Gasteiger partial charge is 0.371 e. The summed E-state index contributed by atoms with van der Waals surface area (Å²) < 4.78 is 95.2. The van der Waals surface area contributed by atoms with Crippen molar-refractivity contribution in [2.45, 2.75) is 30.6 Å². The number of rotatable bonds is 8. The molecule has 0 radical (unpaired) electrons. The van der Waals surface area contributed by atoms with Crippen LogP contribution in [0.15, 0.2) is 54.4 Å². The van der Waals surface area contributed by atoms with E-state index in [2.05, 4.69) is 14.8 Å². The molecule has 182 valence electrons. The lowest BCUT2D eigenvalue weighted by atomic mass is 9.96. The molecule has 2 aliphatic rings. The molecule has 12 heteroatoms. The van der Waals surface area contributed by atoms with Crippen molar-refractivity contribution in [3.63, 3.8) is 0 Å². The molecule has 0 aromatic heterocycles. The van der Waals surface area contributed by atoms with Gasteiger partial charge in [0, 0.05) is 5.69 Å². The van der Waals surface area contributed by atoms with E-state index in [4.69, 9.17) is 0 Å². The fraction of sp³-hybridized carbons (Fsp3) is 0.273. The van der Waals surface area contributed by atoms with E-state index in [0.717, 1.165) is 18.4 Å². The number of halogens is 3. The molecular weight excluding hydrogens is 491 g/mol. The van der Waals surface area contributed by atoms with Gasteiger partial charge in [-0.1, -0.05) is 18.2 Å². The SMILES string of the molecule is CS(=O)(=O)Nc1ccc(C2=CCC(Nc3c(NS(=O)(=O)C4CC4)ccc(F)c3F)C(F)=C2)cc1. The molecule has 1 fully saturated rings. The second-order valence-electron chi connectivity index (χ2n) is 8.20. The summed E-state index contributed by atoms with van der Waals surface area (Å²) in [5, 5.41) is 2.01. The van der Waals surface area contributed by atoms with Crippen molar-refractivity contribution in [1.82, 2.24) is 0 Å². The van der Waals surface area contributed by atoms with Gasteiger partial charge in [0.15, 0.2) is 11.6 Å². The van der Waals surface area contributed by atoms with Gasteiger partial charge in [-0.15, -0.1) is 0 Å². The van der Waals surface area contributed by atoms with Gasteiger partial charge in [-0.05, 0) is 60.7 Å². The number of anilines is 3. The van der Waals surface area contributed by atoms with Crippen LogP contribution in [0.5, 0.6) is 0 Å². The predicted octanol–water partition coefficient (Wildman–Crippen LogP) is 4.36. The van der Waals surface area contributed by atoms with Gasteiger partial charge in [-0.25, -0.2) is 30.0 Å². The summed E-state index contributed by atoms with van der Waals surface area (Å²) in [5.41, 5.74) is 0.848. The van der Waals surface area contributed by atoms with E-state index in [0.29, 0.717) is 29.7 Å². The summed E-state index contributed by atoms with van der Waals surface area (Å²) in [6, 6.07) is 7.16. The fourth-order valence-electron chi connectivity index (χ4n) is 3.51. The van der Waals surface area contributed by atoms with Crippen LogP contribution in [0.2, 0.25) is 0 Å².